The Morgan fingerprint density at radius 3 is 1.83 bits per heavy atom. The Hall–Kier alpha value is -2.90. The molecule has 2 rings (SSSR count). The summed E-state index contributed by atoms with van der Waals surface area (Å²) in [7, 11) is 1.25. The number of rotatable bonds is 5. The first-order chi connectivity index (χ1) is 11.4. The van der Waals surface area contributed by atoms with E-state index in [4.69, 9.17) is 16.2 Å². The summed E-state index contributed by atoms with van der Waals surface area (Å²) in [5.74, 6) is -0.855. The molecule has 7 heteroatoms. The van der Waals surface area contributed by atoms with Gasteiger partial charge < -0.3 is 26.0 Å². The summed E-state index contributed by atoms with van der Waals surface area (Å²) in [6.45, 7) is 0. The van der Waals surface area contributed by atoms with Crippen LogP contribution in [0.5, 0.6) is 11.5 Å². The van der Waals surface area contributed by atoms with Crippen molar-refractivity contribution >= 4 is 11.9 Å². The number of methoxy groups -OCH3 is 1. The zero-order valence-electron chi connectivity index (χ0n) is 13.0. The number of ether oxygens (including phenoxy) is 2. The minimum Gasteiger partial charge on any atom is -0.508 e. The average Bonchev–Trinajstić information content (AvgIpc) is 2.61. The molecule has 0 radical (unpaired) electrons. The van der Waals surface area contributed by atoms with Gasteiger partial charge in [0.25, 0.3) is 0 Å². The zero-order chi connectivity index (χ0) is 17.7. The number of carbonyl (C=O) groups excluding carboxylic acids is 2. The standard InChI is InChI=1S/C17H18N2O5/c1-23-16(21)14(18)11-4-8-13(9-5-11)24-17(22)15(19)10-2-6-12(20)7-3-10/h2-9,14-15,20H,18-19H2,1H3/t14-,15-/m1/s1. The molecule has 0 fully saturated rings. The van der Waals surface area contributed by atoms with Gasteiger partial charge in [-0.05, 0) is 35.4 Å². The molecular formula is C17H18N2O5. The Bertz CT molecular complexity index is 713. The van der Waals surface area contributed by atoms with Crippen molar-refractivity contribution in [3.05, 3.63) is 59.7 Å². The minimum absolute atomic E-state index is 0.0804. The molecule has 24 heavy (non-hydrogen) atoms. The number of hydrogen-bond acceptors (Lipinski definition) is 7. The fraction of sp³-hybridized carbons (Fsp3) is 0.176. The zero-order valence-corrected chi connectivity index (χ0v) is 13.0. The molecule has 2 atom stereocenters. The van der Waals surface area contributed by atoms with Gasteiger partial charge in [-0.2, -0.15) is 0 Å². The van der Waals surface area contributed by atoms with Crippen molar-refractivity contribution < 1.29 is 24.2 Å². The molecule has 0 aliphatic carbocycles. The maximum atomic E-state index is 12.1. The van der Waals surface area contributed by atoms with Crippen molar-refractivity contribution in [3.63, 3.8) is 0 Å². The molecule has 0 bridgehead atoms. The monoisotopic (exact) mass is 330 g/mol. The predicted molar refractivity (Wildman–Crippen MR) is 86.1 cm³/mol. The Labute approximate surface area is 138 Å². The van der Waals surface area contributed by atoms with Gasteiger partial charge in [-0.25, -0.2) is 4.79 Å². The Morgan fingerprint density at radius 2 is 1.33 bits per heavy atom. The van der Waals surface area contributed by atoms with Crippen LogP contribution in [0.3, 0.4) is 0 Å². The fourth-order valence-corrected chi connectivity index (χ4v) is 2.00. The highest BCUT2D eigenvalue weighted by Gasteiger charge is 2.19. The second-order valence-electron chi connectivity index (χ2n) is 5.06. The van der Waals surface area contributed by atoms with Gasteiger partial charge >= 0.3 is 11.9 Å². The molecule has 126 valence electrons. The van der Waals surface area contributed by atoms with E-state index in [0.717, 1.165) is 0 Å². The number of hydrogen-bond donors (Lipinski definition) is 3. The third-order valence-electron chi connectivity index (χ3n) is 3.42. The van der Waals surface area contributed by atoms with E-state index in [-0.39, 0.29) is 11.5 Å². The first kappa shape index (κ1) is 17.5. The molecule has 0 aliphatic heterocycles. The summed E-state index contributed by atoms with van der Waals surface area (Å²) in [5.41, 5.74) is 12.6. The summed E-state index contributed by atoms with van der Waals surface area (Å²) in [6, 6.07) is 10.2. The molecular weight excluding hydrogens is 312 g/mol. The lowest BCUT2D eigenvalue weighted by Crippen LogP contribution is -2.26. The largest absolute Gasteiger partial charge is 0.508 e. The van der Waals surface area contributed by atoms with Gasteiger partial charge in [0.2, 0.25) is 0 Å². The lowest BCUT2D eigenvalue weighted by Gasteiger charge is -2.13. The number of phenolic OH excluding ortho intramolecular Hbond substituents is 1. The van der Waals surface area contributed by atoms with Crippen molar-refractivity contribution in [2.45, 2.75) is 12.1 Å². The van der Waals surface area contributed by atoms with E-state index >= 15 is 0 Å². The topological polar surface area (TPSA) is 125 Å². The SMILES string of the molecule is COC(=O)[C@H](N)c1ccc(OC(=O)[C@H](N)c2ccc(O)cc2)cc1. The van der Waals surface area contributed by atoms with Crippen LogP contribution in [0, 0.1) is 0 Å². The van der Waals surface area contributed by atoms with Crippen LogP contribution in [-0.4, -0.2) is 24.2 Å². The lowest BCUT2D eigenvalue weighted by molar-refractivity contribution is -0.142. The molecule has 0 aliphatic rings. The van der Waals surface area contributed by atoms with Crippen molar-refractivity contribution in [3.8, 4) is 11.5 Å². The quantitative estimate of drug-likeness (QED) is 0.555. The van der Waals surface area contributed by atoms with E-state index in [2.05, 4.69) is 4.74 Å². The molecule has 0 saturated carbocycles. The van der Waals surface area contributed by atoms with Crippen LogP contribution >= 0.6 is 0 Å². The molecule has 2 aromatic carbocycles. The summed E-state index contributed by atoms with van der Waals surface area (Å²) >= 11 is 0. The summed E-state index contributed by atoms with van der Waals surface area (Å²) in [6.07, 6.45) is 0. The number of phenols is 1. The summed E-state index contributed by atoms with van der Waals surface area (Å²) in [5, 5.41) is 9.24. The van der Waals surface area contributed by atoms with Gasteiger partial charge in [0.1, 0.15) is 23.6 Å². The molecule has 5 N–H and O–H groups in total. The van der Waals surface area contributed by atoms with Crippen molar-refractivity contribution in [1.29, 1.82) is 0 Å². The van der Waals surface area contributed by atoms with Crippen LogP contribution in [0.1, 0.15) is 23.2 Å². The minimum atomic E-state index is -0.984. The van der Waals surface area contributed by atoms with Gasteiger partial charge in [-0.15, -0.1) is 0 Å². The second-order valence-corrected chi connectivity index (χ2v) is 5.06. The highest BCUT2D eigenvalue weighted by molar-refractivity contribution is 5.80. The van der Waals surface area contributed by atoms with Crippen LogP contribution in [0.15, 0.2) is 48.5 Å². The number of esters is 2. The molecule has 0 unspecified atom stereocenters. The van der Waals surface area contributed by atoms with Crippen molar-refractivity contribution in [2.75, 3.05) is 7.11 Å². The van der Waals surface area contributed by atoms with Gasteiger partial charge in [0.15, 0.2) is 0 Å². The number of nitrogens with two attached hydrogens (primary N) is 2. The molecule has 0 heterocycles. The van der Waals surface area contributed by atoms with Crippen LogP contribution < -0.4 is 16.2 Å². The third-order valence-corrected chi connectivity index (χ3v) is 3.42. The Balaban J connectivity index is 2.04. The number of benzene rings is 2. The van der Waals surface area contributed by atoms with Crippen LogP contribution in [0.2, 0.25) is 0 Å². The van der Waals surface area contributed by atoms with E-state index in [1.54, 1.807) is 24.3 Å². The molecule has 0 amide bonds. The summed E-state index contributed by atoms with van der Waals surface area (Å²) in [4.78, 5) is 23.4. The number of carbonyl (C=O) groups is 2. The highest BCUT2D eigenvalue weighted by Crippen LogP contribution is 2.20. The molecule has 0 spiro atoms. The predicted octanol–water partition coefficient (Wildman–Crippen LogP) is 1.17. The van der Waals surface area contributed by atoms with Gasteiger partial charge in [-0.3, -0.25) is 4.79 Å². The van der Waals surface area contributed by atoms with Crippen LogP contribution in [0.4, 0.5) is 0 Å². The van der Waals surface area contributed by atoms with E-state index in [1.165, 1.54) is 31.4 Å². The van der Waals surface area contributed by atoms with Crippen LogP contribution in [0.25, 0.3) is 0 Å². The van der Waals surface area contributed by atoms with Gasteiger partial charge in [0.05, 0.1) is 7.11 Å². The average molecular weight is 330 g/mol. The highest BCUT2D eigenvalue weighted by atomic mass is 16.5. The lowest BCUT2D eigenvalue weighted by atomic mass is 10.1. The van der Waals surface area contributed by atoms with E-state index in [1.807, 2.05) is 0 Å². The molecule has 0 saturated heterocycles. The first-order valence-corrected chi connectivity index (χ1v) is 7.12. The maximum absolute atomic E-state index is 12.1. The van der Waals surface area contributed by atoms with Crippen molar-refractivity contribution in [2.24, 2.45) is 11.5 Å². The normalized spacial score (nSPS) is 13.0. The van der Waals surface area contributed by atoms with Gasteiger partial charge in [0, 0.05) is 0 Å². The summed E-state index contributed by atoms with van der Waals surface area (Å²) < 4.78 is 9.77. The van der Waals surface area contributed by atoms with Gasteiger partial charge in [-0.1, -0.05) is 24.3 Å². The van der Waals surface area contributed by atoms with E-state index in [9.17, 15) is 14.7 Å². The third kappa shape index (κ3) is 4.09. The Morgan fingerprint density at radius 1 is 0.875 bits per heavy atom. The van der Waals surface area contributed by atoms with E-state index < -0.39 is 24.0 Å². The Kier molecular flexibility index (Phi) is 5.51. The van der Waals surface area contributed by atoms with Crippen molar-refractivity contribution in [1.82, 2.24) is 0 Å². The first-order valence-electron chi connectivity index (χ1n) is 7.12. The van der Waals surface area contributed by atoms with E-state index in [0.29, 0.717) is 11.1 Å². The number of aromatic hydroxyl groups is 1. The van der Waals surface area contributed by atoms with Crippen LogP contribution in [-0.2, 0) is 14.3 Å². The molecule has 7 nitrogen and oxygen atoms in total. The molecule has 0 aromatic heterocycles. The second kappa shape index (κ2) is 7.58. The molecule has 2 aromatic rings. The fourth-order valence-electron chi connectivity index (χ4n) is 2.00. The maximum Gasteiger partial charge on any atom is 0.332 e. The smallest absolute Gasteiger partial charge is 0.332 e.